The second kappa shape index (κ2) is 5.35. The first kappa shape index (κ1) is 15.9. The van der Waals surface area contributed by atoms with Gasteiger partial charge in [-0.15, -0.1) is 0 Å². The number of anilines is 1. The molecule has 0 saturated carbocycles. The monoisotopic (exact) mass is 303 g/mol. The van der Waals surface area contributed by atoms with E-state index in [-0.39, 0.29) is 0 Å². The molecule has 21 heavy (non-hydrogen) atoms. The van der Waals surface area contributed by atoms with Crippen molar-refractivity contribution in [2.24, 2.45) is 12.5 Å². The predicted octanol–water partition coefficient (Wildman–Crippen LogP) is 3.22. The molecule has 0 unspecified atom stereocenters. The quantitative estimate of drug-likeness (QED) is 0.932. The van der Waals surface area contributed by atoms with Crippen LogP contribution in [0.25, 0.3) is 0 Å². The summed E-state index contributed by atoms with van der Waals surface area (Å²) in [6, 6.07) is 0. The maximum absolute atomic E-state index is 12.8. The number of rotatable bonds is 3. The van der Waals surface area contributed by atoms with Crippen LogP contribution in [0.3, 0.4) is 0 Å². The molecule has 2 rings (SSSR count). The Morgan fingerprint density at radius 3 is 2.48 bits per heavy atom. The second-order valence-corrected chi connectivity index (χ2v) is 6.20. The minimum atomic E-state index is -4.41. The van der Waals surface area contributed by atoms with Gasteiger partial charge in [-0.3, -0.25) is 10.1 Å². The number of carbonyl (C=O) groups excluding carboxylic acids is 1. The molecule has 0 saturated heterocycles. The van der Waals surface area contributed by atoms with Crippen molar-refractivity contribution in [1.82, 2.24) is 9.55 Å². The second-order valence-electron chi connectivity index (χ2n) is 6.20. The van der Waals surface area contributed by atoms with Crippen LogP contribution in [-0.4, -0.2) is 21.6 Å². The van der Waals surface area contributed by atoms with E-state index in [9.17, 15) is 18.0 Å². The van der Waals surface area contributed by atoms with Crippen molar-refractivity contribution in [3.63, 3.8) is 0 Å². The number of fused-ring (bicyclic) bond motifs is 1. The molecule has 1 aliphatic rings. The molecular formula is C14H20F3N3O. The average molecular weight is 303 g/mol. The highest BCUT2D eigenvalue weighted by atomic mass is 19.4. The molecule has 0 bridgehead atoms. The van der Waals surface area contributed by atoms with Crippen LogP contribution in [0.1, 0.15) is 44.5 Å². The number of aromatic nitrogens is 2. The van der Waals surface area contributed by atoms with Gasteiger partial charge in [0.15, 0.2) is 0 Å². The molecule has 1 aromatic rings. The van der Waals surface area contributed by atoms with Crippen molar-refractivity contribution in [3.05, 3.63) is 11.4 Å². The van der Waals surface area contributed by atoms with Gasteiger partial charge in [0.1, 0.15) is 0 Å². The number of hydrogen-bond donors (Lipinski definition) is 1. The molecule has 7 heteroatoms. The van der Waals surface area contributed by atoms with Crippen LogP contribution in [-0.2, 0) is 24.7 Å². The Labute approximate surface area is 121 Å². The van der Waals surface area contributed by atoms with Gasteiger partial charge in [-0.25, -0.2) is 4.98 Å². The fourth-order valence-electron chi connectivity index (χ4n) is 2.47. The van der Waals surface area contributed by atoms with Crippen LogP contribution in [0.5, 0.6) is 0 Å². The molecule has 1 aromatic heterocycles. The highest BCUT2D eigenvalue weighted by Gasteiger charge is 2.48. The van der Waals surface area contributed by atoms with Crippen LogP contribution in [0.15, 0.2) is 0 Å². The summed E-state index contributed by atoms with van der Waals surface area (Å²) in [5, 5.41) is 2.51. The summed E-state index contributed by atoms with van der Waals surface area (Å²) in [6.45, 7) is 2.05. The fourth-order valence-corrected chi connectivity index (χ4v) is 2.47. The summed E-state index contributed by atoms with van der Waals surface area (Å²) in [6.07, 6.45) is -1.16. The van der Waals surface area contributed by atoms with Crippen molar-refractivity contribution in [2.75, 3.05) is 5.32 Å². The van der Waals surface area contributed by atoms with Crippen molar-refractivity contribution in [2.45, 2.75) is 52.1 Å². The van der Waals surface area contributed by atoms with Gasteiger partial charge in [0.05, 0.1) is 11.1 Å². The molecular weight excluding hydrogens is 283 g/mol. The Balaban J connectivity index is 2.09. The minimum Gasteiger partial charge on any atom is -0.317 e. The summed E-state index contributed by atoms with van der Waals surface area (Å²) in [5.41, 5.74) is -0.0530. The van der Waals surface area contributed by atoms with Gasteiger partial charge in [-0.1, -0.05) is 13.8 Å². The van der Waals surface area contributed by atoms with E-state index in [2.05, 4.69) is 10.3 Å². The highest BCUT2D eigenvalue weighted by Crippen LogP contribution is 2.40. The lowest BCUT2D eigenvalue weighted by Crippen LogP contribution is -2.36. The fraction of sp³-hybridized carbons (Fsp3) is 0.714. The summed E-state index contributed by atoms with van der Waals surface area (Å²) in [5.74, 6) is -0.326. The lowest BCUT2D eigenvalue weighted by atomic mass is 9.88. The Bertz CT molecular complexity index is 546. The summed E-state index contributed by atoms with van der Waals surface area (Å²) in [4.78, 5) is 16.2. The van der Waals surface area contributed by atoms with Gasteiger partial charge in [0.2, 0.25) is 11.9 Å². The molecule has 1 N–H and O–H groups in total. The zero-order chi connectivity index (χ0) is 15.8. The van der Waals surface area contributed by atoms with Crippen LogP contribution in [0, 0.1) is 5.41 Å². The van der Waals surface area contributed by atoms with Crippen molar-refractivity contribution in [3.8, 4) is 0 Å². The number of nitrogens with zero attached hydrogens (tertiary/aromatic N) is 2. The third kappa shape index (κ3) is 3.22. The standard InChI is InChI=1S/C14H20F3N3O/c1-13(2,14(15,16)17)8-11(21)19-12-18-9-6-4-5-7-10(9)20(12)3/h4-8H2,1-3H3,(H,18,19,21). The number of hydrogen-bond acceptors (Lipinski definition) is 2. The molecule has 118 valence electrons. The molecule has 0 fully saturated rings. The molecule has 0 spiro atoms. The van der Waals surface area contributed by atoms with Gasteiger partial charge in [0.25, 0.3) is 0 Å². The predicted molar refractivity (Wildman–Crippen MR) is 72.9 cm³/mol. The number of halogens is 3. The molecule has 1 heterocycles. The lowest BCUT2D eigenvalue weighted by Gasteiger charge is -2.26. The number of carbonyl (C=O) groups is 1. The van der Waals surface area contributed by atoms with E-state index in [0.717, 1.165) is 50.9 Å². The average Bonchev–Trinajstić information content (AvgIpc) is 2.65. The van der Waals surface area contributed by atoms with Gasteiger partial charge >= 0.3 is 6.18 Å². The Morgan fingerprint density at radius 2 is 1.90 bits per heavy atom. The smallest absolute Gasteiger partial charge is 0.317 e. The maximum Gasteiger partial charge on any atom is 0.394 e. The number of nitrogens with one attached hydrogen (secondary N) is 1. The van der Waals surface area contributed by atoms with E-state index < -0.39 is 23.9 Å². The number of alkyl halides is 3. The summed E-state index contributed by atoms with van der Waals surface area (Å²) >= 11 is 0. The Morgan fingerprint density at radius 1 is 1.29 bits per heavy atom. The summed E-state index contributed by atoms with van der Waals surface area (Å²) < 4.78 is 40.2. The number of imidazole rings is 1. The van der Waals surface area contributed by atoms with E-state index >= 15 is 0 Å². The molecule has 0 radical (unpaired) electrons. The van der Waals surface area contributed by atoms with E-state index in [1.807, 2.05) is 0 Å². The largest absolute Gasteiger partial charge is 0.394 e. The third-order valence-corrected chi connectivity index (χ3v) is 3.99. The van der Waals surface area contributed by atoms with Gasteiger partial charge in [-0.2, -0.15) is 13.2 Å². The third-order valence-electron chi connectivity index (χ3n) is 3.99. The van der Waals surface area contributed by atoms with Crippen molar-refractivity contribution in [1.29, 1.82) is 0 Å². The van der Waals surface area contributed by atoms with Crippen LogP contribution >= 0.6 is 0 Å². The number of amides is 1. The molecule has 0 aliphatic heterocycles. The zero-order valence-electron chi connectivity index (χ0n) is 12.5. The lowest BCUT2D eigenvalue weighted by molar-refractivity contribution is -0.213. The topological polar surface area (TPSA) is 46.9 Å². The first-order valence-corrected chi connectivity index (χ1v) is 7.03. The Hall–Kier alpha value is -1.53. The molecule has 1 aliphatic carbocycles. The first-order valence-electron chi connectivity index (χ1n) is 7.03. The molecule has 0 aromatic carbocycles. The zero-order valence-corrected chi connectivity index (χ0v) is 12.5. The van der Waals surface area contributed by atoms with E-state index in [4.69, 9.17) is 0 Å². The van der Waals surface area contributed by atoms with Crippen LogP contribution in [0.4, 0.5) is 19.1 Å². The van der Waals surface area contributed by atoms with Crippen LogP contribution in [0.2, 0.25) is 0 Å². The maximum atomic E-state index is 12.8. The molecule has 0 atom stereocenters. The van der Waals surface area contributed by atoms with E-state index in [1.54, 1.807) is 11.6 Å². The van der Waals surface area contributed by atoms with E-state index in [1.165, 1.54) is 0 Å². The summed E-state index contributed by atoms with van der Waals surface area (Å²) in [7, 11) is 1.78. The van der Waals surface area contributed by atoms with Crippen molar-refractivity contribution < 1.29 is 18.0 Å². The molecule has 1 amide bonds. The number of aryl methyl sites for hydroxylation is 1. The molecule has 4 nitrogen and oxygen atoms in total. The van der Waals surface area contributed by atoms with Gasteiger partial charge in [0, 0.05) is 19.2 Å². The van der Waals surface area contributed by atoms with E-state index in [0.29, 0.717) is 5.95 Å². The minimum absolute atomic E-state index is 0.338. The van der Waals surface area contributed by atoms with Gasteiger partial charge in [-0.05, 0) is 25.7 Å². The first-order chi connectivity index (χ1) is 9.62. The van der Waals surface area contributed by atoms with Crippen molar-refractivity contribution >= 4 is 11.9 Å². The highest BCUT2D eigenvalue weighted by molar-refractivity contribution is 5.89. The van der Waals surface area contributed by atoms with Crippen LogP contribution < -0.4 is 5.32 Å². The SMILES string of the molecule is Cn1c(NC(=O)CC(C)(C)C(F)(F)F)nc2c1CCCC2. The Kier molecular flexibility index (Phi) is 4.04. The normalized spacial score (nSPS) is 15.7. The van der Waals surface area contributed by atoms with Gasteiger partial charge < -0.3 is 4.57 Å².